The number of amides is 2. The van der Waals surface area contributed by atoms with Crippen molar-refractivity contribution in [1.82, 2.24) is 10.2 Å². The van der Waals surface area contributed by atoms with E-state index in [0.717, 1.165) is 18.5 Å². The standard InChI is InChI=1S/C16H22N2O2/c1-3-9-17-10-11-18-14(19)12-16(2,15(18)20)13-7-5-4-6-8-13/h4-8,17H,3,9-12H2,1-2H3. The highest BCUT2D eigenvalue weighted by molar-refractivity contribution is 6.08. The molecule has 0 aliphatic carbocycles. The van der Waals surface area contributed by atoms with Gasteiger partial charge in [-0.25, -0.2) is 0 Å². The third-order valence-corrected chi connectivity index (χ3v) is 3.87. The molecule has 20 heavy (non-hydrogen) atoms. The van der Waals surface area contributed by atoms with Crippen LogP contribution in [0.5, 0.6) is 0 Å². The molecule has 2 amide bonds. The molecule has 1 atom stereocenters. The van der Waals surface area contributed by atoms with Crippen LogP contribution in [0.15, 0.2) is 30.3 Å². The number of nitrogens with zero attached hydrogens (tertiary/aromatic N) is 1. The molecular weight excluding hydrogens is 252 g/mol. The fraction of sp³-hybridized carbons (Fsp3) is 0.500. The molecule has 1 aliphatic rings. The lowest BCUT2D eigenvalue weighted by Gasteiger charge is -2.22. The molecule has 1 heterocycles. The molecule has 4 nitrogen and oxygen atoms in total. The van der Waals surface area contributed by atoms with Gasteiger partial charge < -0.3 is 5.32 Å². The molecule has 0 spiro atoms. The maximum atomic E-state index is 12.6. The highest BCUT2D eigenvalue weighted by atomic mass is 16.2. The minimum atomic E-state index is -0.705. The number of rotatable bonds is 6. The average molecular weight is 274 g/mol. The highest BCUT2D eigenvalue weighted by Crippen LogP contribution is 2.35. The largest absolute Gasteiger partial charge is 0.315 e. The molecule has 1 unspecified atom stereocenters. The van der Waals surface area contributed by atoms with E-state index in [4.69, 9.17) is 0 Å². The molecule has 1 aromatic rings. The first-order chi connectivity index (χ1) is 9.59. The third kappa shape index (κ3) is 2.75. The van der Waals surface area contributed by atoms with Gasteiger partial charge in [0, 0.05) is 19.5 Å². The van der Waals surface area contributed by atoms with Gasteiger partial charge >= 0.3 is 0 Å². The smallest absolute Gasteiger partial charge is 0.240 e. The third-order valence-electron chi connectivity index (χ3n) is 3.87. The van der Waals surface area contributed by atoms with E-state index < -0.39 is 5.41 Å². The molecule has 4 heteroatoms. The summed E-state index contributed by atoms with van der Waals surface area (Å²) in [7, 11) is 0. The number of nitrogens with one attached hydrogen (secondary N) is 1. The summed E-state index contributed by atoms with van der Waals surface area (Å²) in [6.07, 6.45) is 1.31. The number of carbonyl (C=O) groups is 2. The Morgan fingerprint density at radius 3 is 2.55 bits per heavy atom. The first kappa shape index (κ1) is 14.7. The van der Waals surface area contributed by atoms with E-state index in [0.29, 0.717) is 13.1 Å². The van der Waals surface area contributed by atoms with Crippen molar-refractivity contribution in [3.63, 3.8) is 0 Å². The van der Waals surface area contributed by atoms with E-state index in [1.54, 1.807) is 0 Å². The summed E-state index contributed by atoms with van der Waals surface area (Å²) in [5.41, 5.74) is 0.214. The van der Waals surface area contributed by atoms with Gasteiger partial charge in [0.2, 0.25) is 11.8 Å². The van der Waals surface area contributed by atoms with Crippen LogP contribution in [0.1, 0.15) is 32.3 Å². The predicted octanol–water partition coefficient (Wildman–Crippen LogP) is 1.70. The quantitative estimate of drug-likeness (QED) is 0.634. The minimum Gasteiger partial charge on any atom is -0.315 e. The number of carbonyl (C=O) groups excluding carboxylic acids is 2. The second-order valence-corrected chi connectivity index (χ2v) is 5.48. The van der Waals surface area contributed by atoms with Crippen LogP contribution < -0.4 is 5.32 Å². The van der Waals surface area contributed by atoms with E-state index in [-0.39, 0.29) is 18.2 Å². The Hall–Kier alpha value is -1.68. The van der Waals surface area contributed by atoms with E-state index in [9.17, 15) is 9.59 Å². The lowest BCUT2D eigenvalue weighted by molar-refractivity contribution is -0.139. The van der Waals surface area contributed by atoms with Crippen molar-refractivity contribution in [3.05, 3.63) is 35.9 Å². The average Bonchev–Trinajstić information content (AvgIpc) is 2.68. The maximum absolute atomic E-state index is 12.6. The van der Waals surface area contributed by atoms with Gasteiger partial charge in [-0.2, -0.15) is 0 Å². The Labute approximate surface area is 120 Å². The lowest BCUT2D eigenvalue weighted by atomic mass is 9.81. The molecule has 0 aromatic heterocycles. The zero-order valence-corrected chi connectivity index (χ0v) is 12.2. The van der Waals surface area contributed by atoms with Crippen LogP contribution in [0.3, 0.4) is 0 Å². The summed E-state index contributed by atoms with van der Waals surface area (Å²) in [5, 5.41) is 3.22. The van der Waals surface area contributed by atoms with Gasteiger partial charge in [0.1, 0.15) is 0 Å². The van der Waals surface area contributed by atoms with Gasteiger partial charge in [-0.15, -0.1) is 0 Å². The predicted molar refractivity (Wildman–Crippen MR) is 78.3 cm³/mol. The fourth-order valence-corrected chi connectivity index (χ4v) is 2.64. The monoisotopic (exact) mass is 274 g/mol. The molecule has 2 rings (SSSR count). The van der Waals surface area contributed by atoms with Crippen LogP contribution >= 0.6 is 0 Å². The van der Waals surface area contributed by atoms with Crippen LogP contribution in [0.4, 0.5) is 0 Å². The number of benzene rings is 1. The maximum Gasteiger partial charge on any atom is 0.240 e. The highest BCUT2D eigenvalue weighted by Gasteiger charge is 2.48. The summed E-state index contributed by atoms with van der Waals surface area (Å²) in [4.78, 5) is 26.1. The van der Waals surface area contributed by atoms with Crippen molar-refractivity contribution in [2.45, 2.75) is 32.1 Å². The Bertz CT molecular complexity index is 487. The van der Waals surface area contributed by atoms with Crippen LogP contribution in [0.2, 0.25) is 0 Å². The van der Waals surface area contributed by atoms with Crippen molar-refractivity contribution in [3.8, 4) is 0 Å². The molecule has 1 aromatic carbocycles. The molecule has 1 saturated heterocycles. The van der Waals surface area contributed by atoms with Gasteiger partial charge in [-0.05, 0) is 25.5 Å². The van der Waals surface area contributed by atoms with Crippen LogP contribution in [-0.4, -0.2) is 36.3 Å². The van der Waals surface area contributed by atoms with E-state index in [2.05, 4.69) is 12.2 Å². The molecule has 0 bridgehead atoms. The molecular formula is C16H22N2O2. The number of hydrogen-bond acceptors (Lipinski definition) is 3. The van der Waals surface area contributed by atoms with Gasteiger partial charge in [0.25, 0.3) is 0 Å². The molecule has 0 saturated carbocycles. The molecule has 1 N–H and O–H groups in total. The van der Waals surface area contributed by atoms with Crippen LogP contribution in [0, 0.1) is 0 Å². The Morgan fingerprint density at radius 1 is 1.20 bits per heavy atom. The first-order valence-corrected chi connectivity index (χ1v) is 7.20. The fourth-order valence-electron chi connectivity index (χ4n) is 2.64. The van der Waals surface area contributed by atoms with Gasteiger partial charge in [-0.1, -0.05) is 37.3 Å². The van der Waals surface area contributed by atoms with E-state index in [1.807, 2.05) is 37.3 Å². The van der Waals surface area contributed by atoms with Crippen LogP contribution in [-0.2, 0) is 15.0 Å². The molecule has 1 fully saturated rings. The Balaban J connectivity index is 2.08. The normalized spacial score (nSPS) is 22.6. The number of likely N-dealkylation sites (tertiary alicyclic amines) is 1. The van der Waals surface area contributed by atoms with Crippen LogP contribution in [0.25, 0.3) is 0 Å². The zero-order chi connectivity index (χ0) is 14.6. The number of hydrogen-bond donors (Lipinski definition) is 1. The first-order valence-electron chi connectivity index (χ1n) is 7.20. The molecule has 108 valence electrons. The Morgan fingerprint density at radius 2 is 1.90 bits per heavy atom. The van der Waals surface area contributed by atoms with Crippen molar-refractivity contribution in [2.75, 3.05) is 19.6 Å². The van der Waals surface area contributed by atoms with Crippen molar-refractivity contribution in [2.24, 2.45) is 0 Å². The summed E-state index contributed by atoms with van der Waals surface area (Å²) in [5.74, 6) is -0.147. The minimum absolute atomic E-state index is 0.0698. The topological polar surface area (TPSA) is 49.4 Å². The number of imide groups is 1. The second-order valence-electron chi connectivity index (χ2n) is 5.48. The SMILES string of the molecule is CCCNCCN1C(=O)CC(C)(c2ccccc2)C1=O. The lowest BCUT2D eigenvalue weighted by Crippen LogP contribution is -2.40. The Kier molecular flexibility index (Phi) is 4.55. The van der Waals surface area contributed by atoms with E-state index in [1.165, 1.54) is 4.90 Å². The summed E-state index contributed by atoms with van der Waals surface area (Å²) in [6, 6.07) is 9.57. The van der Waals surface area contributed by atoms with Crippen molar-refractivity contribution < 1.29 is 9.59 Å². The van der Waals surface area contributed by atoms with Crippen molar-refractivity contribution in [1.29, 1.82) is 0 Å². The van der Waals surface area contributed by atoms with Gasteiger partial charge in [-0.3, -0.25) is 14.5 Å². The summed E-state index contributed by atoms with van der Waals surface area (Å²) >= 11 is 0. The van der Waals surface area contributed by atoms with Gasteiger partial charge in [0.15, 0.2) is 0 Å². The summed E-state index contributed by atoms with van der Waals surface area (Å²) in [6.45, 7) is 5.98. The van der Waals surface area contributed by atoms with Crippen molar-refractivity contribution >= 4 is 11.8 Å². The summed E-state index contributed by atoms with van der Waals surface area (Å²) < 4.78 is 0. The zero-order valence-electron chi connectivity index (χ0n) is 12.2. The molecule has 0 radical (unpaired) electrons. The second kappa shape index (κ2) is 6.18. The molecule has 1 aliphatic heterocycles. The van der Waals surface area contributed by atoms with Gasteiger partial charge in [0.05, 0.1) is 5.41 Å². The van der Waals surface area contributed by atoms with E-state index >= 15 is 0 Å².